The van der Waals surface area contributed by atoms with Crippen LogP contribution in [0.3, 0.4) is 0 Å². The van der Waals surface area contributed by atoms with Gasteiger partial charge in [-0.2, -0.15) is 0 Å². The van der Waals surface area contributed by atoms with Crippen molar-refractivity contribution in [2.45, 2.75) is 31.1 Å². The van der Waals surface area contributed by atoms with Crippen LogP contribution in [0.2, 0.25) is 5.02 Å². The van der Waals surface area contributed by atoms with Crippen LogP contribution in [0.5, 0.6) is 11.5 Å². The molecule has 1 saturated carbocycles. The molecule has 1 heterocycles. The Balaban J connectivity index is 1.98. The second-order valence-corrected chi connectivity index (χ2v) is 5.59. The Morgan fingerprint density at radius 2 is 1.89 bits per heavy atom. The third-order valence-corrected chi connectivity index (χ3v) is 4.06. The molecule has 1 aliphatic carbocycles. The monoisotopic (exact) mass is 282 g/mol. The Kier molecular flexibility index (Phi) is 3.05. The van der Waals surface area contributed by atoms with Crippen LogP contribution in [0.25, 0.3) is 0 Å². The molecule has 1 aromatic carbocycles. The molecule has 4 nitrogen and oxygen atoms in total. The number of hydrogen-bond donors (Lipinski definition) is 1. The van der Waals surface area contributed by atoms with Gasteiger partial charge >= 0.3 is 5.97 Å². The molecular weight excluding hydrogens is 268 g/mol. The van der Waals surface area contributed by atoms with Gasteiger partial charge in [0.15, 0.2) is 11.5 Å². The van der Waals surface area contributed by atoms with Crippen molar-refractivity contribution in [2.24, 2.45) is 0 Å². The van der Waals surface area contributed by atoms with Crippen LogP contribution in [-0.2, 0) is 10.2 Å². The first kappa shape index (κ1) is 12.6. The number of carboxylic acids is 1. The second kappa shape index (κ2) is 4.60. The molecular formula is C14H15ClO4. The van der Waals surface area contributed by atoms with Gasteiger partial charge in [-0.15, -0.1) is 0 Å². The van der Waals surface area contributed by atoms with E-state index in [1.54, 1.807) is 6.07 Å². The van der Waals surface area contributed by atoms with Crippen molar-refractivity contribution in [3.05, 3.63) is 22.7 Å². The number of carbonyl (C=O) groups is 1. The maximum Gasteiger partial charge on any atom is 0.304 e. The van der Waals surface area contributed by atoms with Gasteiger partial charge in [-0.3, -0.25) is 4.79 Å². The Labute approximate surface area is 116 Å². The van der Waals surface area contributed by atoms with E-state index in [9.17, 15) is 4.79 Å². The normalized spacial score (nSPS) is 19.6. The molecule has 1 N–H and O–H groups in total. The van der Waals surface area contributed by atoms with Crippen LogP contribution >= 0.6 is 11.6 Å². The van der Waals surface area contributed by atoms with Crippen LogP contribution in [0.15, 0.2) is 12.1 Å². The number of rotatable bonds is 3. The predicted octanol–water partition coefficient (Wildman–Crippen LogP) is 3.01. The minimum Gasteiger partial charge on any atom is -0.490 e. The van der Waals surface area contributed by atoms with Crippen LogP contribution < -0.4 is 9.47 Å². The molecule has 0 aromatic heterocycles. The molecule has 3 rings (SSSR count). The van der Waals surface area contributed by atoms with Gasteiger partial charge in [0.2, 0.25) is 0 Å². The number of carboxylic acid groups (broad SMARTS) is 1. The summed E-state index contributed by atoms with van der Waals surface area (Å²) in [6.07, 6.45) is 2.67. The van der Waals surface area contributed by atoms with Gasteiger partial charge in [-0.25, -0.2) is 0 Å². The summed E-state index contributed by atoms with van der Waals surface area (Å²) in [4.78, 5) is 11.0. The fourth-order valence-electron chi connectivity index (χ4n) is 2.57. The molecule has 102 valence electrons. The molecule has 19 heavy (non-hydrogen) atoms. The first-order valence-electron chi connectivity index (χ1n) is 6.42. The summed E-state index contributed by atoms with van der Waals surface area (Å²) in [5.41, 5.74) is 0.564. The van der Waals surface area contributed by atoms with Crippen molar-refractivity contribution >= 4 is 17.6 Å². The molecule has 2 aliphatic rings. The molecule has 0 bridgehead atoms. The molecule has 1 aromatic rings. The third-order valence-electron chi connectivity index (χ3n) is 3.75. The van der Waals surface area contributed by atoms with Gasteiger partial charge in [-0.1, -0.05) is 11.6 Å². The average Bonchev–Trinajstić information content (AvgIpc) is 3.12. The maximum atomic E-state index is 11.0. The highest BCUT2D eigenvalue weighted by molar-refractivity contribution is 6.31. The zero-order valence-corrected chi connectivity index (χ0v) is 11.2. The van der Waals surface area contributed by atoms with E-state index in [0.717, 1.165) is 24.8 Å². The summed E-state index contributed by atoms with van der Waals surface area (Å²) in [5, 5.41) is 9.60. The van der Waals surface area contributed by atoms with Crippen molar-refractivity contribution in [1.82, 2.24) is 0 Å². The predicted molar refractivity (Wildman–Crippen MR) is 70.2 cm³/mol. The van der Waals surface area contributed by atoms with Gasteiger partial charge in [0.05, 0.1) is 19.6 Å². The van der Waals surface area contributed by atoms with Crippen molar-refractivity contribution in [1.29, 1.82) is 0 Å². The van der Waals surface area contributed by atoms with E-state index in [1.165, 1.54) is 0 Å². The standard InChI is InChI=1S/C14H15ClO4/c15-10-7-12-11(18-4-1-5-19-12)6-9(10)14(2-3-14)8-13(16)17/h6-7H,1-5,8H2,(H,16,17). The highest BCUT2D eigenvalue weighted by Crippen LogP contribution is 2.55. The highest BCUT2D eigenvalue weighted by atomic mass is 35.5. The smallest absolute Gasteiger partial charge is 0.304 e. The fraction of sp³-hybridized carbons (Fsp3) is 0.500. The highest BCUT2D eigenvalue weighted by Gasteiger charge is 2.47. The topological polar surface area (TPSA) is 55.8 Å². The minimum absolute atomic E-state index is 0.117. The quantitative estimate of drug-likeness (QED) is 0.926. The lowest BCUT2D eigenvalue weighted by molar-refractivity contribution is -0.137. The number of halogens is 1. The van der Waals surface area contributed by atoms with Crippen LogP contribution in [0.1, 0.15) is 31.2 Å². The summed E-state index contributed by atoms with van der Waals surface area (Å²) < 4.78 is 11.2. The van der Waals surface area contributed by atoms with Crippen molar-refractivity contribution < 1.29 is 19.4 Å². The molecule has 5 heteroatoms. The van der Waals surface area contributed by atoms with Gasteiger partial charge < -0.3 is 14.6 Å². The minimum atomic E-state index is -0.791. The number of fused-ring (bicyclic) bond motifs is 1. The van der Waals surface area contributed by atoms with E-state index in [2.05, 4.69) is 0 Å². The molecule has 0 saturated heterocycles. The third kappa shape index (κ3) is 2.37. The number of hydrogen-bond acceptors (Lipinski definition) is 3. The summed E-state index contributed by atoms with van der Waals surface area (Å²) in [6.45, 7) is 1.23. The van der Waals surface area contributed by atoms with E-state index < -0.39 is 5.97 Å². The summed E-state index contributed by atoms with van der Waals surface area (Å²) in [7, 11) is 0. The molecule has 1 fully saturated rings. The number of aliphatic carboxylic acids is 1. The Bertz CT molecular complexity index is 522. The number of benzene rings is 1. The molecule has 0 radical (unpaired) electrons. The Morgan fingerprint density at radius 3 is 2.47 bits per heavy atom. The maximum absolute atomic E-state index is 11.0. The Morgan fingerprint density at radius 1 is 1.26 bits per heavy atom. The Hall–Kier alpha value is -1.42. The lowest BCUT2D eigenvalue weighted by atomic mass is 9.92. The lowest BCUT2D eigenvalue weighted by Crippen LogP contribution is -2.13. The van der Waals surface area contributed by atoms with Crippen molar-refractivity contribution in [3.8, 4) is 11.5 Å². The zero-order valence-electron chi connectivity index (χ0n) is 10.4. The molecule has 0 amide bonds. The van der Waals surface area contributed by atoms with Gasteiger partial charge in [-0.05, 0) is 24.5 Å². The molecule has 0 spiro atoms. The first-order valence-corrected chi connectivity index (χ1v) is 6.80. The van der Waals surface area contributed by atoms with Gasteiger partial charge in [0, 0.05) is 22.9 Å². The fourth-order valence-corrected chi connectivity index (χ4v) is 2.93. The SMILES string of the molecule is O=C(O)CC1(c2cc3c(cc2Cl)OCCCO3)CC1. The molecule has 1 aliphatic heterocycles. The van der Waals surface area contributed by atoms with Gasteiger partial charge in [0.1, 0.15) is 0 Å². The van der Waals surface area contributed by atoms with E-state index in [-0.39, 0.29) is 11.8 Å². The largest absolute Gasteiger partial charge is 0.490 e. The zero-order chi connectivity index (χ0) is 13.5. The number of ether oxygens (including phenoxy) is 2. The second-order valence-electron chi connectivity index (χ2n) is 5.18. The summed E-state index contributed by atoms with van der Waals surface area (Å²) >= 11 is 6.29. The van der Waals surface area contributed by atoms with E-state index in [1.807, 2.05) is 6.07 Å². The van der Waals surface area contributed by atoms with E-state index in [4.69, 9.17) is 26.2 Å². The summed E-state index contributed by atoms with van der Waals surface area (Å²) in [6, 6.07) is 3.61. The summed E-state index contributed by atoms with van der Waals surface area (Å²) in [5.74, 6) is 0.534. The van der Waals surface area contributed by atoms with Crippen molar-refractivity contribution in [3.63, 3.8) is 0 Å². The van der Waals surface area contributed by atoms with Gasteiger partial charge in [0.25, 0.3) is 0 Å². The van der Waals surface area contributed by atoms with Crippen LogP contribution in [0, 0.1) is 0 Å². The molecule has 0 unspecified atom stereocenters. The van der Waals surface area contributed by atoms with Crippen molar-refractivity contribution in [2.75, 3.05) is 13.2 Å². The van der Waals surface area contributed by atoms with Crippen LogP contribution in [0.4, 0.5) is 0 Å². The molecule has 0 atom stereocenters. The average molecular weight is 283 g/mol. The van der Waals surface area contributed by atoms with E-state index >= 15 is 0 Å². The van der Waals surface area contributed by atoms with Crippen LogP contribution in [-0.4, -0.2) is 24.3 Å². The first-order chi connectivity index (χ1) is 9.11. The van der Waals surface area contributed by atoms with E-state index in [0.29, 0.717) is 29.7 Å². The lowest BCUT2D eigenvalue weighted by Gasteiger charge is -2.17.